The number of aryl methyl sites for hydroxylation is 1. The van der Waals surface area contributed by atoms with E-state index in [1.54, 1.807) is 0 Å². The van der Waals surface area contributed by atoms with E-state index in [0.717, 1.165) is 30.8 Å². The Morgan fingerprint density at radius 1 is 0.923 bits per heavy atom. The lowest BCUT2D eigenvalue weighted by Crippen LogP contribution is -2.30. The fraction of sp³-hybridized carbons (Fsp3) is 0.238. The Labute approximate surface area is 156 Å². The Balaban J connectivity index is 1.77. The third kappa shape index (κ3) is 3.27. The maximum absolute atomic E-state index is 14.2. The van der Waals surface area contributed by atoms with Crippen LogP contribution in [-0.2, 0) is 13.1 Å². The zero-order valence-electron chi connectivity index (χ0n) is 14.2. The molecule has 1 aliphatic rings. The van der Waals surface area contributed by atoms with E-state index < -0.39 is 11.6 Å². The van der Waals surface area contributed by atoms with Gasteiger partial charge in [0, 0.05) is 42.1 Å². The second-order valence-electron chi connectivity index (χ2n) is 6.60. The van der Waals surface area contributed by atoms with E-state index in [1.165, 1.54) is 18.2 Å². The van der Waals surface area contributed by atoms with Gasteiger partial charge in [-0.15, -0.1) is 0 Å². The molecule has 5 heteroatoms. The fourth-order valence-electron chi connectivity index (χ4n) is 3.72. The Morgan fingerprint density at radius 3 is 2.38 bits per heavy atom. The van der Waals surface area contributed by atoms with E-state index in [1.807, 2.05) is 30.3 Å². The van der Waals surface area contributed by atoms with Gasteiger partial charge in [-0.25, -0.2) is 8.78 Å². The van der Waals surface area contributed by atoms with Crippen LogP contribution in [0.2, 0.25) is 5.02 Å². The van der Waals surface area contributed by atoms with Crippen LogP contribution in [0.5, 0.6) is 0 Å². The minimum atomic E-state index is -0.500. The lowest BCUT2D eigenvalue weighted by atomic mass is 10.0. The van der Waals surface area contributed by atoms with E-state index in [0.29, 0.717) is 5.02 Å². The van der Waals surface area contributed by atoms with Crippen molar-refractivity contribution in [2.45, 2.75) is 25.6 Å². The van der Waals surface area contributed by atoms with Crippen molar-refractivity contribution >= 4 is 11.6 Å². The summed E-state index contributed by atoms with van der Waals surface area (Å²) < 4.78 is 30.7. The predicted molar refractivity (Wildman–Crippen MR) is 99.1 cm³/mol. The molecule has 1 aromatic heterocycles. The highest BCUT2D eigenvalue weighted by Crippen LogP contribution is 2.34. The van der Waals surface area contributed by atoms with Crippen LogP contribution in [0, 0.1) is 11.6 Å². The molecule has 0 spiro atoms. The summed E-state index contributed by atoms with van der Waals surface area (Å²) in [5.41, 5.74) is 2.31. The summed E-state index contributed by atoms with van der Waals surface area (Å²) in [6.07, 6.45) is 2.98. The van der Waals surface area contributed by atoms with Crippen molar-refractivity contribution in [3.8, 4) is 0 Å². The van der Waals surface area contributed by atoms with Crippen molar-refractivity contribution in [1.29, 1.82) is 0 Å². The molecule has 2 nitrogen and oxygen atoms in total. The number of fused-ring (bicyclic) bond motifs is 1. The number of nitrogens with zero attached hydrogens (tertiary/aromatic N) is 2. The van der Waals surface area contributed by atoms with Crippen LogP contribution in [0.3, 0.4) is 0 Å². The zero-order chi connectivity index (χ0) is 18.1. The standard InChI is InChI=1S/C21H19ClF2N2/c22-16-9-7-15(8-10-16)21-20-6-2-11-25(20)12-3-13-26(21)14-17-18(23)4-1-5-19(17)24/h1-2,4-11,21H,3,12-14H2/t21-/m0/s1. The van der Waals surface area contributed by atoms with Gasteiger partial charge < -0.3 is 4.57 Å². The first-order valence-electron chi connectivity index (χ1n) is 8.71. The molecule has 4 rings (SSSR count). The molecule has 0 bridgehead atoms. The van der Waals surface area contributed by atoms with Crippen LogP contribution in [-0.4, -0.2) is 16.0 Å². The third-order valence-corrected chi connectivity index (χ3v) is 5.21. The second-order valence-corrected chi connectivity index (χ2v) is 7.04. The fourth-order valence-corrected chi connectivity index (χ4v) is 3.85. The van der Waals surface area contributed by atoms with E-state index in [-0.39, 0.29) is 18.2 Å². The van der Waals surface area contributed by atoms with Gasteiger partial charge in [0.05, 0.1) is 6.04 Å². The van der Waals surface area contributed by atoms with Crippen molar-refractivity contribution in [3.05, 3.63) is 94.3 Å². The summed E-state index contributed by atoms with van der Waals surface area (Å²) in [6.45, 7) is 1.86. The molecule has 0 N–H and O–H groups in total. The van der Waals surface area contributed by atoms with Crippen LogP contribution >= 0.6 is 11.6 Å². The van der Waals surface area contributed by atoms with Gasteiger partial charge in [0.2, 0.25) is 0 Å². The van der Waals surface area contributed by atoms with Crippen molar-refractivity contribution in [1.82, 2.24) is 9.47 Å². The van der Waals surface area contributed by atoms with Crippen molar-refractivity contribution < 1.29 is 8.78 Å². The van der Waals surface area contributed by atoms with Gasteiger partial charge in [0.15, 0.2) is 0 Å². The maximum atomic E-state index is 14.2. The number of hydrogen-bond acceptors (Lipinski definition) is 1. The van der Waals surface area contributed by atoms with Gasteiger partial charge >= 0.3 is 0 Å². The average Bonchev–Trinajstić information content (AvgIpc) is 3.01. The molecule has 2 heterocycles. The highest BCUT2D eigenvalue weighted by atomic mass is 35.5. The Bertz CT molecular complexity index is 884. The molecule has 2 aromatic carbocycles. The van der Waals surface area contributed by atoms with Crippen LogP contribution in [0.25, 0.3) is 0 Å². The van der Waals surface area contributed by atoms with Crippen LogP contribution < -0.4 is 0 Å². The largest absolute Gasteiger partial charge is 0.350 e. The normalized spacial score (nSPS) is 17.7. The molecule has 0 fully saturated rings. The summed E-state index contributed by atoms with van der Waals surface area (Å²) in [5.74, 6) is -1.00. The molecular weight excluding hydrogens is 354 g/mol. The second kappa shape index (κ2) is 7.22. The quantitative estimate of drug-likeness (QED) is 0.596. The van der Waals surface area contributed by atoms with Crippen molar-refractivity contribution in [2.75, 3.05) is 6.54 Å². The Hall–Kier alpha value is -2.17. The lowest BCUT2D eigenvalue weighted by molar-refractivity contribution is 0.214. The predicted octanol–water partition coefficient (Wildman–Crippen LogP) is 5.42. The molecule has 3 aromatic rings. The molecule has 0 saturated heterocycles. The first-order valence-corrected chi connectivity index (χ1v) is 9.09. The summed E-state index contributed by atoms with van der Waals surface area (Å²) in [7, 11) is 0. The van der Waals surface area contributed by atoms with Crippen LogP contribution in [0.1, 0.15) is 29.3 Å². The molecule has 0 aliphatic carbocycles. The van der Waals surface area contributed by atoms with Crippen LogP contribution in [0.4, 0.5) is 8.78 Å². The number of aromatic nitrogens is 1. The number of benzene rings is 2. The average molecular weight is 373 g/mol. The Kier molecular flexibility index (Phi) is 4.79. The molecule has 1 atom stereocenters. The van der Waals surface area contributed by atoms with E-state index >= 15 is 0 Å². The van der Waals surface area contributed by atoms with Crippen molar-refractivity contribution in [3.63, 3.8) is 0 Å². The molecular formula is C21H19ClF2N2. The SMILES string of the molecule is Fc1cccc(F)c1CN1CCCn2cccc2[C@@H]1c1ccc(Cl)cc1. The minimum absolute atomic E-state index is 0.0798. The molecule has 26 heavy (non-hydrogen) atoms. The topological polar surface area (TPSA) is 8.17 Å². The van der Waals surface area contributed by atoms with E-state index in [9.17, 15) is 8.78 Å². The molecule has 0 unspecified atom stereocenters. The maximum Gasteiger partial charge on any atom is 0.130 e. The van der Waals surface area contributed by atoms with Gasteiger partial charge in [-0.1, -0.05) is 29.8 Å². The number of rotatable bonds is 3. The minimum Gasteiger partial charge on any atom is -0.350 e. The van der Waals surface area contributed by atoms with Gasteiger partial charge in [-0.05, 0) is 48.4 Å². The number of halogens is 3. The monoisotopic (exact) mass is 372 g/mol. The molecule has 134 valence electrons. The third-order valence-electron chi connectivity index (χ3n) is 4.96. The summed E-state index contributed by atoms with van der Waals surface area (Å²) in [6, 6.07) is 15.7. The van der Waals surface area contributed by atoms with Gasteiger partial charge in [0.25, 0.3) is 0 Å². The van der Waals surface area contributed by atoms with Crippen molar-refractivity contribution in [2.24, 2.45) is 0 Å². The van der Waals surface area contributed by atoms with Gasteiger partial charge in [-0.2, -0.15) is 0 Å². The highest BCUT2D eigenvalue weighted by Gasteiger charge is 2.28. The first kappa shape index (κ1) is 17.3. The summed E-state index contributed by atoms with van der Waals surface area (Å²) >= 11 is 6.05. The first-order chi connectivity index (χ1) is 12.6. The van der Waals surface area contributed by atoms with E-state index in [2.05, 4.69) is 21.7 Å². The molecule has 0 amide bonds. The van der Waals surface area contributed by atoms with Gasteiger partial charge in [0.1, 0.15) is 11.6 Å². The lowest BCUT2D eigenvalue weighted by Gasteiger charge is -2.31. The van der Waals surface area contributed by atoms with E-state index in [4.69, 9.17) is 11.6 Å². The van der Waals surface area contributed by atoms with Crippen LogP contribution in [0.15, 0.2) is 60.8 Å². The van der Waals surface area contributed by atoms with Gasteiger partial charge in [-0.3, -0.25) is 4.90 Å². The highest BCUT2D eigenvalue weighted by molar-refractivity contribution is 6.30. The summed E-state index contributed by atoms with van der Waals surface area (Å²) in [5, 5.41) is 0.671. The smallest absolute Gasteiger partial charge is 0.130 e. The zero-order valence-corrected chi connectivity index (χ0v) is 15.0. The summed E-state index contributed by atoms with van der Waals surface area (Å²) in [4.78, 5) is 2.14. The molecule has 0 saturated carbocycles. The molecule has 1 aliphatic heterocycles. The molecule has 0 radical (unpaired) electrons. The Morgan fingerprint density at radius 2 is 1.65 bits per heavy atom. The number of hydrogen-bond donors (Lipinski definition) is 0.